The van der Waals surface area contributed by atoms with Gasteiger partial charge in [0.2, 0.25) is 0 Å². The highest BCUT2D eigenvalue weighted by atomic mass is 79.9. The zero-order valence-electron chi connectivity index (χ0n) is 9.94. The van der Waals surface area contributed by atoms with Crippen LogP contribution in [0.15, 0.2) is 69.8 Å². The van der Waals surface area contributed by atoms with E-state index in [2.05, 4.69) is 15.9 Å². The maximum absolute atomic E-state index is 13.7. The van der Waals surface area contributed by atoms with E-state index in [1.165, 1.54) is 6.07 Å². The van der Waals surface area contributed by atoms with Gasteiger partial charge in [-0.3, -0.25) is 0 Å². The molecular formula is C16H10BrFO. The van der Waals surface area contributed by atoms with E-state index in [-0.39, 0.29) is 5.82 Å². The fourth-order valence-electron chi connectivity index (χ4n) is 1.98. The zero-order chi connectivity index (χ0) is 13.2. The van der Waals surface area contributed by atoms with E-state index in [1.54, 1.807) is 24.5 Å². The first-order valence-electron chi connectivity index (χ1n) is 5.84. The van der Waals surface area contributed by atoms with Crippen LogP contribution in [0, 0.1) is 5.82 Å². The molecule has 1 nitrogen and oxygen atoms in total. The van der Waals surface area contributed by atoms with E-state index in [0.29, 0.717) is 11.3 Å². The van der Waals surface area contributed by atoms with E-state index >= 15 is 0 Å². The Morgan fingerprint density at radius 2 is 1.58 bits per heavy atom. The van der Waals surface area contributed by atoms with Gasteiger partial charge in [-0.2, -0.15) is 0 Å². The Morgan fingerprint density at radius 3 is 2.32 bits per heavy atom. The van der Waals surface area contributed by atoms with Crippen LogP contribution in [-0.4, -0.2) is 0 Å². The first-order chi connectivity index (χ1) is 9.25. The maximum atomic E-state index is 13.7. The molecule has 0 atom stereocenters. The summed E-state index contributed by atoms with van der Waals surface area (Å²) < 4.78 is 20.2. The molecule has 3 heteroatoms. The van der Waals surface area contributed by atoms with Crippen LogP contribution >= 0.6 is 15.9 Å². The van der Waals surface area contributed by atoms with Crippen molar-refractivity contribution in [3.8, 4) is 22.5 Å². The van der Waals surface area contributed by atoms with E-state index < -0.39 is 0 Å². The number of hydrogen-bond acceptors (Lipinski definition) is 1. The summed E-state index contributed by atoms with van der Waals surface area (Å²) in [6, 6.07) is 16.3. The van der Waals surface area contributed by atoms with Crippen LogP contribution in [0.5, 0.6) is 0 Å². The molecule has 0 fully saturated rings. The summed E-state index contributed by atoms with van der Waals surface area (Å²) in [5.41, 5.74) is 2.42. The Morgan fingerprint density at radius 1 is 0.895 bits per heavy atom. The standard InChI is InChI=1S/C16H10BrFO/c17-14-7-3-1-5-12(14)11-9-16(19-10-11)13-6-2-4-8-15(13)18/h1-10H. The van der Waals surface area contributed by atoms with Gasteiger partial charge in [0.15, 0.2) is 0 Å². The lowest BCUT2D eigenvalue weighted by Crippen LogP contribution is -1.80. The molecule has 0 aliphatic carbocycles. The lowest BCUT2D eigenvalue weighted by molar-refractivity contribution is 0.570. The van der Waals surface area contributed by atoms with Crippen molar-refractivity contribution in [2.24, 2.45) is 0 Å². The number of rotatable bonds is 2. The largest absolute Gasteiger partial charge is 0.464 e. The summed E-state index contributed by atoms with van der Waals surface area (Å²) in [5, 5.41) is 0. The summed E-state index contributed by atoms with van der Waals surface area (Å²) in [4.78, 5) is 0. The third-order valence-electron chi connectivity index (χ3n) is 2.92. The van der Waals surface area contributed by atoms with Gasteiger partial charge in [0.1, 0.15) is 11.6 Å². The average molecular weight is 317 g/mol. The summed E-state index contributed by atoms with van der Waals surface area (Å²) in [6.45, 7) is 0. The molecule has 94 valence electrons. The van der Waals surface area contributed by atoms with Gasteiger partial charge in [0, 0.05) is 10.0 Å². The molecule has 0 bridgehead atoms. The predicted octanol–water partition coefficient (Wildman–Crippen LogP) is 5.52. The van der Waals surface area contributed by atoms with Crippen LogP contribution in [0.3, 0.4) is 0 Å². The van der Waals surface area contributed by atoms with Crippen molar-refractivity contribution in [1.29, 1.82) is 0 Å². The Bertz CT molecular complexity index is 658. The van der Waals surface area contributed by atoms with Crippen molar-refractivity contribution >= 4 is 15.9 Å². The van der Waals surface area contributed by atoms with Crippen molar-refractivity contribution in [1.82, 2.24) is 0 Å². The summed E-state index contributed by atoms with van der Waals surface area (Å²) >= 11 is 3.50. The third kappa shape index (κ3) is 2.34. The molecule has 19 heavy (non-hydrogen) atoms. The van der Waals surface area contributed by atoms with Gasteiger partial charge in [-0.1, -0.05) is 46.3 Å². The van der Waals surface area contributed by atoms with Crippen molar-refractivity contribution in [2.45, 2.75) is 0 Å². The first kappa shape index (κ1) is 12.2. The van der Waals surface area contributed by atoms with Gasteiger partial charge in [0.25, 0.3) is 0 Å². The zero-order valence-corrected chi connectivity index (χ0v) is 11.5. The quantitative estimate of drug-likeness (QED) is 0.607. The molecule has 0 saturated carbocycles. The van der Waals surface area contributed by atoms with Crippen molar-refractivity contribution in [2.75, 3.05) is 0 Å². The maximum Gasteiger partial charge on any atom is 0.137 e. The Kier molecular flexibility index (Phi) is 3.22. The molecule has 0 aliphatic heterocycles. The van der Waals surface area contributed by atoms with E-state index in [9.17, 15) is 4.39 Å². The Balaban J connectivity index is 2.06. The molecular weight excluding hydrogens is 307 g/mol. The van der Waals surface area contributed by atoms with Crippen LogP contribution in [-0.2, 0) is 0 Å². The highest BCUT2D eigenvalue weighted by Crippen LogP contribution is 2.33. The van der Waals surface area contributed by atoms with Crippen LogP contribution < -0.4 is 0 Å². The SMILES string of the molecule is Fc1ccccc1-c1cc(-c2ccccc2Br)co1. The molecule has 3 rings (SSSR count). The van der Waals surface area contributed by atoms with E-state index in [0.717, 1.165) is 15.6 Å². The molecule has 0 radical (unpaired) electrons. The molecule has 2 aromatic carbocycles. The number of benzene rings is 2. The normalized spacial score (nSPS) is 10.6. The van der Waals surface area contributed by atoms with Gasteiger partial charge >= 0.3 is 0 Å². The summed E-state index contributed by atoms with van der Waals surface area (Å²) in [7, 11) is 0. The Hall–Kier alpha value is -1.87. The van der Waals surface area contributed by atoms with Crippen LogP contribution in [0.25, 0.3) is 22.5 Å². The molecule has 0 amide bonds. The second-order valence-corrected chi connectivity index (χ2v) is 5.01. The molecule has 0 saturated heterocycles. The van der Waals surface area contributed by atoms with Gasteiger partial charge in [0.05, 0.1) is 11.8 Å². The molecule has 0 aliphatic rings. The number of halogens is 2. The van der Waals surface area contributed by atoms with Crippen molar-refractivity contribution in [3.05, 3.63) is 71.2 Å². The lowest BCUT2D eigenvalue weighted by Gasteiger charge is -1.99. The van der Waals surface area contributed by atoms with Gasteiger partial charge < -0.3 is 4.42 Å². The predicted molar refractivity (Wildman–Crippen MR) is 77.2 cm³/mol. The number of furan rings is 1. The average Bonchev–Trinajstić information content (AvgIpc) is 2.89. The molecule has 0 unspecified atom stereocenters. The molecule has 3 aromatic rings. The van der Waals surface area contributed by atoms with Crippen LogP contribution in [0.2, 0.25) is 0 Å². The minimum Gasteiger partial charge on any atom is -0.464 e. The smallest absolute Gasteiger partial charge is 0.137 e. The minimum absolute atomic E-state index is 0.282. The topological polar surface area (TPSA) is 13.1 Å². The first-order valence-corrected chi connectivity index (χ1v) is 6.63. The summed E-state index contributed by atoms with van der Waals surface area (Å²) in [5.74, 6) is 0.249. The van der Waals surface area contributed by atoms with E-state index in [1.807, 2.05) is 30.3 Å². The second-order valence-electron chi connectivity index (χ2n) is 4.16. The van der Waals surface area contributed by atoms with Crippen LogP contribution in [0.4, 0.5) is 4.39 Å². The fraction of sp³-hybridized carbons (Fsp3) is 0. The van der Waals surface area contributed by atoms with Gasteiger partial charge in [-0.25, -0.2) is 4.39 Å². The van der Waals surface area contributed by atoms with Crippen molar-refractivity contribution in [3.63, 3.8) is 0 Å². The second kappa shape index (κ2) is 5.02. The molecule has 1 heterocycles. The van der Waals surface area contributed by atoms with Gasteiger partial charge in [-0.15, -0.1) is 0 Å². The lowest BCUT2D eigenvalue weighted by atomic mass is 10.1. The molecule has 1 aromatic heterocycles. The van der Waals surface area contributed by atoms with Gasteiger partial charge in [-0.05, 0) is 29.8 Å². The number of hydrogen-bond donors (Lipinski definition) is 0. The fourth-order valence-corrected chi connectivity index (χ4v) is 2.49. The monoisotopic (exact) mass is 316 g/mol. The highest BCUT2D eigenvalue weighted by Gasteiger charge is 2.11. The summed E-state index contributed by atoms with van der Waals surface area (Å²) in [6.07, 6.45) is 1.64. The van der Waals surface area contributed by atoms with Crippen molar-refractivity contribution < 1.29 is 8.81 Å². The molecule has 0 spiro atoms. The minimum atomic E-state index is -0.282. The third-order valence-corrected chi connectivity index (χ3v) is 3.62. The van der Waals surface area contributed by atoms with Crippen LogP contribution in [0.1, 0.15) is 0 Å². The molecule has 0 N–H and O–H groups in total. The van der Waals surface area contributed by atoms with E-state index in [4.69, 9.17) is 4.42 Å². The highest BCUT2D eigenvalue weighted by molar-refractivity contribution is 9.10. The Labute approximate surface area is 118 Å².